The third-order valence-corrected chi connectivity index (χ3v) is 3.27. The van der Waals surface area contributed by atoms with Crippen LogP contribution in [0, 0.1) is 0 Å². The SMILES string of the molecule is CC1=C(C=O)C=C[I-]1. The molecule has 2 heteroatoms. The van der Waals surface area contributed by atoms with E-state index in [-0.39, 0.29) is 21.2 Å². The Morgan fingerprint density at radius 2 is 2.50 bits per heavy atom. The fourth-order valence-corrected chi connectivity index (χ4v) is 2.27. The zero-order valence-electron chi connectivity index (χ0n) is 4.52. The van der Waals surface area contributed by atoms with Crippen LogP contribution in [0.2, 0.25) is 0 Å². The molecule has 1 heterocycles. The predicted octanol–water partition coefficient (Wildman–Crippen LogP) is -1.92. The molecule has 1 rings (SSSR count). The second-order valence-electron chi connectivity index (χ2n) is 1.51. The van der Waals surface area contributed by atoms with Crippen molar-refractivity contribution >= 4 is 6.29 Å². The van der Waals surface area contributed by atoms with Crippen LogP contribution in [0.15, 0.2) is 19.3 Å². The molecule has 0 radical (unpaired) electrons. The third kappa shape index (κ3) is 0.992. The maximum atomic E-state index is 10.1. The van der Waals surface area contributed by atoms with Crippen molar-refractivity contribution in [3.8, 4) is 0 Å². The van der Waals surface area contributed by atoms with Crippen LogP contribution in [0.5, 0.6) is 0 Å². The van der Waals surface area contributed by atoms with Crippen molar-refractivity contribution in [3.05, 3.63) is 19.3 Å². The number of carbonyl (C=O) groups is 1. The Labute approximate surface area is 58.7 Å². The van der Waals surface area contributed by atoms with Gasteiger partial charge in [-0.1, -0.05) is 0 Å². The monoisotopic (exact) mass is 221 g/mol. The molecule has 0 saturated carbocycles. The van der Waals surface area contributed by atoms with Gasteiger partial charge in [0, 0.05) is 0 Å². The van der Waals surface area contributed by atoms with Gasteiger partial charge in [-0.2, -0.15) is 0 Å². The van der Waals surface area contributed by atoms with E-state index in [1.54, 1.807) is 0 Å². The molecule has 1 nitrogen and oxygen atoms in total. The zero-order chi connectivity index (χ0) is 5.98. The van der Waals surface area contributed by atoms with Gasteiger partial charge >= 0.3 is 58.5 Å². The molecule has 44 valence electrons. The van der Waals surface area contributed by atoms with Crippen LogP contribution in [-0.4, -0.2) is 6.29 Å². The van der Waals surface area contributed by atoms with Gasteiger partial charge < -0.3 is 0 Å². The molecule has 0 saturated heterocycles. The Bertz CT molecular complexity index is 167. The molecule has 0 fully saturated rings. The molecule has 0 bridgehead atoms. The number of hydrogen-bond donors (Lipinski definition) is 0. The summed E-state index contributed by atoms with van der Waals surface area (Å²) in [7, 11) is 0. The van der Waals surface area contributed by atoms with Gasteiger partial charge in [0.25, 0.3) is 0 Å². The molecule has 0 aliphatic carbocycles. The Balaban J connectivity index is 2.85. The first-order valence-electron chi connectivity index (χ1n) is 2.30. The molecule has 1 aliphatic heterocycles. The standard InChI is InChI=1S/C6H6IO/c1-5-6(4-8)2-3-7-5/h2-4H,1H3/q-1. The number of carbonyl (C=O) groups excluding carboxylic acids is 1. The van der Waals surface area contributed by atoms with Crippen LogP contribution in [0.4, 0.5) is 0 Å². The summed E-state index contributed by atoms with van der Waals surface area (Å²) in [6.07, 6.45) is 2.84. The van der Waals surface area contributed by atoms with Crippen molar-refractivity contribution in [2.24, 2.45) is 0 Å². The summed E-state index contributed by atoms with van der Waals surface area (Å²) in [6, 6.07) is 0. The summed E-state index contributed by atoms with van der Waals surface area (Å²) in [5.41, 5.74) is 0.901. The minimum atomic E-state index is 0.101. The number of allylic oxidation sites excluding steroid dienone is 3. The van der Waals surface area contributed by atoms with E-state index in [0.29, 0.717) is 0 Å². The molecular formula is C6H6IO-. The van der Waals surface area contributed by atoms with Crippen LogP contribution in [-0.2, 0) is 4.79 Å². The van der Waals surface area contributed by atoms with Crippen LogP contribution in [0.3, 0.4) is 0 Å². The number of halogens is 1. The van der Waals surface area contributed by atoms with E-state index < -0.39 is 0 Å². The minimum absolute atomic E-state index is 0.101. The number of hydrogen-bond acceptors (Lipinski definition) is 1. The second kappa shape index (κ2) is 2.44. The molecule has 0 unspecified atom stereocenters. The van der Waals surface area contributed by atoms with E-state index in [2.05, 4.69) is 4.08 Å². The van der Waals surface area contributed by atoms with Crippen LogP contribution < -0.4 is 21.2 Å². The molecule has 1 aliphatic rings. The van der Waals surface area contributed by atoms with E-state index in [1.807, 2.05) is 13.0 Å². The van der Waals surface area contributed by atoms with Crippen molar-refractivity contribution in [1.29, 1.82) is 0 Å². The summed E-state index contributed by atoms with van der Waals surface area (Å²) in [4.78, 5) is 10.1. The molecule has 0 aromatic heterocycles. The van der Waals surface area contributed by atoms with E-state index in [0.717, 1.165) is 11.9 Å². The molecule has 0 aromatic rings. The van der Waals surface area contributed by atoms with Gasteiger partial charge in [0.2, 0.25) is 0 Å². The van der Waals surface area contributed by atoms with Gasteiger partial charge in [0.15, 0.2) is 0 Å². The van der Waals surface area contributed by atoms with Gasteiger partial charge in [0.05, 0.1) is 0 Å². The molecular weight excluding hydrogens is 215 g/mol. The summed E-state index contributed by atoms with van der Waals surface area (Å²) in [5, 5.41) is 0. The Kier molecular flexibility index (Phi) is 1.83. The predicted molar refractivity (Wildman–Crippen MR) is 27.9 cm³/mol. The first kappa shape index (κ1) is 6.01. The zero-order valence-corrected chi connectivity index (χ0v) is 6.68. The van der Waals surface area contributed by atoms with E-state index >= 15 is 0 Å². The molecule has 0 spiro atoms. The van der Waals surface area contributed by atoms with Crippen molar-refractivity contribution in [3.63, 3.8) is 0 Å². The average molecular weight is 221 g/mol. The normalized spacial score (nSPS) is 18.6. The van der Waals surface area contributed by atoms with Crippen molar-refractivity contribution in [1.82, 2.24) is 0 Å². The Morgan fingerprint density at radius 3 is 2.75 bits per heavy atom. The van der Waals surface area contributed by atoms with Crippen molar-refractivity contribution in [2.45, 2.75) is 6.92 Å². The van der Waals surface area contributed by atoms with E-state index in [4.69, 9.17) is 0 Å². The molecule has 0 amide bonds. The van der Waals surface area contributed by atoms with Gasteiger partial charge in [-0.3, -0.25) is 0 Å². The molecule has 0 N–H and O–H groups in total. The van der Waals surface area contributed by atoms with E-state index in [1.165, 1.54) is 3.58 Å². The summed E-state index contributed by atoms with van der Waals surface area (Å²) in [6.45, 7) is 2.02. The number of aldehydes is 1. The van der Waals surface area contributed by atoms with Gasteiger partial charge in [-0.05, 0) is 0 Å². The van der Waals surface area contributed by atoms with E-state index in [9.17, 15) is 4.79 Å². The molecule has 8 heavy (non-hydrogen) atoms. The number of rotatable bonds is 1. The summed E-state index contributed by atoms with van der Waals surface area (Å²) >= 11 is 0.101. The topological polar surface area (TPSA) is 17.1 Å². The first-order chi connectivity index (χ1) is 3.84. The average Bonchev–Trinajstić information content (AvgIpc) is 2.14. The van der Waals surface area contributed by atoms with Crippen molar-refractivity contribution < 1.29 is 26.0 Å². The van der Waals surface area contributed by atoms with Gasteiger partial charge in [0.1, 0.15) is 0 Å². The van der Waals surface area contributed by atoms with Gasteiger partial charge in [-0.25, -0.2) is 0 Å². The fourth-order valence-electron chi connectivity index (χ4n) is 0.492. The Hall–Kier alpha value is -0.120. The van der Waals surface area contributed by atoms with Gasteiger partial charge in [-0.15, -0.1) is 0 Å². The van der Waals surface area contributed by atoms with Crippen LogP contribution in [0.25, 0.3) is 0 Å². The van der Waals surface area contributed by atoms with Crippen molar-refractivity contribution in [2.75, 3.05) is 0 Å². The quantitative estimate of drug-likeness (QED) is 0.372. The van der Waals surface area contributed by atoms with Crippen LogP contribution >= 0.6 is 0 Å². The maximum absolute atomic E-state index is 10.1. The molecule has 0 aromatic carbocycles. The summed E-state index contributed by atoms with van der Waals surface area (Å²) < 4.78 is 3.40. The third-order valence-electron chi connectivity index (χ3n) is 0.994. The second-order valence-corrected chi connectivity index (χ2v) is 4.47. The van der Waals surface area contributed by atoms with Crippen LogP contribution in [0.1, 0.15) is 6.92 Å². The fraction of sp³-hybridized carbons (Fsp3) is 0.167. The Morgan fingerprint density at radius 1 is 1.75 bits per heavy atom. The first-order valence-corrected chi connectivity index (χ1v) is 4.63. The summed E-state index contributed by atoms with van der Waals surface area (Å²) in [5.74, 6) is 0. The molecule has 0 atom stereocenters.